The Hall–Kier alpha value is -1.49. The summed E-state index contributed by atoms with van der Waals surface area (Å²) in [5, 5.41) is 8.62. The molecule has 0 aliphatic heterocycles. The highest BCUT2D eigenvalue weighted by molar-refractivity contribution is 5.67. The third kappa shape index (κ3) is 5.65. The third-order valence-electron chi connectivity index (χ3n) is 3.32. The Morgan fingerprint density at radius 3 is 2.75 bits per heavy atom. The molecule has 0 aromatic heterocycles. The molecule has 2 atom stereocenters. The highest BCUT2D eigenvalue weighted by Crippen LogP contribution is 2.18. The van der Waals surface area contributed by atoms with Crippen LogP contribution in [0, 0.1) is 17.6 Å². The number of carbonyl (C=O) groups is 1. The molecule has 0 unspecified atom stereocenters. The molecule has 0 saturated carbocycles. The summed E-state index contributed by atoms with van der Waals surface area (Å²) < 4.78 is 26.4. The average Bonchev–Trinajstić information content (AvgIpc) is 2.33. The van der Waals surface area contributed by atoms with E-state index in [-0.39, 0.29) is 18.4 Å². The molecule has 0 fully saturated rings. The summed E-state index contributed by atoms with van der Waals surface area (Å²) in [6, 6.07) is 3.83. The van der Waals surface area contributed by atoms with Gasteiger partial charge in [0.15, 0.2) is 11.6 Å². The molecular formula is C15H21F2NO2. The number of halogens is 2. The Morgan fingerprint density at radius 1 is 1.40 bits per heavy atom. The van der Waals surface area contributed by atoms with Crippen molar-refractivity contribution in [1.82, 2.24) is 0 Å². The number of carboxylic acid groups (broad SMARTS) is 1. The zero-order valence-corrected chi connectivity index (χ0v) is 11.6. The minimum atomic E-state index is -0.897. The van der Waals surface area contributed by atoms with E-state index in [9.17, 15) is 13.6 Å². The zero-order valence-electron chi connectivity index (χ0n) is 11.6. The lowest BCUT2D eigenvalue weighted by Crippen LogP contribution is -2.26. The van der Waals surface area contributed by atoms with Crippen LogP contribution in [0.2, 0.25) is 0 Å². The molecule has 1 aromatic carbocycles. The molecule has 0 bridgehead atoms. The summed E-state index contributed by atoms with van der Waals surface area (Å²) in [4.78, 5) is 10.5. The molecule has 0 amide bonds. The van der Waals surface area contributed by atoms with Crippen LogP contribution in [0.25, 0.3) is 0 Å². The Bertz CT molecular complexity index is 451. The molecule has 0 heterocycles. The fourth-order valence-electron chi connectivity index (χ4n) is 2.32. The SMILES string of the molecule is C[C@H](CCCc1cccc(F)c1F)C[C@H](N)CC(=O)O. The van der Waals surface area contributed by atoms with Crippen LogP contribution in [0.4, 0.5) is 8.78 Å². The van der Waals surface area contributed by atoms with Crippen molar-refractivity contribution in [3.63, 3.8) is 0 Å². The lowest BCUT2D eigenvalue weighted by Gasteiger charge is -2.15. The summed E-state index contributed by atoms with van der Waals surface area (Å²) in [5.41, 5.74) is 6.09. The van der Waals surface area contributed by atoms with Crippen molar-refractivity contribution in [1.29, 1.82) is 0 Å². The molecule has 0 aliphatic carbocycles. The van der Waals surface area contributed by atoms with Crippen molar-refractivity contribution in [2.24, 2.45) is 11.7 Å². The Morgan fingerprint density at radius 2 is 2.10 bits per heavy atom. The molecule has 20 heavy (non-hydrogen) atoms. The van der Waals surface area contributed by atoms with Crippen LogP contribution in [-0.2, 0) is 11.2 Å². The maximum absolute atomic E-state index is 13.4. The second-order valence-electron chi connectivity index (χ2n) is 5.30. The van der Waals surface area contributed by atoms with Crippen LogP contribution in [0.5, 0.6) is 0 Å². The molecule has 3 N–H and O–H groups in total. The van der Waals surface area contributed by atoms with Crippen molar-refractivity contribution in [3.8, 4) is 0 Å². The molecule has 1 rings (SSSR count). The van der Waals surface area contributed by atoms with E-state index in [2.05, 4.69) is 0 Å². The Balaban J connectivity index is 2.33. The number of hydrogen-bond acceptors (Lipinski definition) is 2. The van der Waals surface area contributed by atoms with Gasteiger partial charge in [-0.1, -0.05) is 25.5 Å². The number of hydrogen-bond donors (Lipinski definition) is 2. The van der Waals surface area contributed by atoms with Crippen LogP contribution in [-0.4, -0.2) is 17.1 Å². The molecule has 0 spiro atoms. The highest BCUT2D eigenvalue weighted by Gasteiger charge is 2.13. The van der Waals surface area contributed by atoms with E-state index in [1.807, 2.05) is 6.92 Å². The van der Waals surface area contributed by atoms with Crippen LogP contribution < -0.4 is 5.73 Å². The van der Waals surface area contributed by atoms with Gasteiger partial charge in [-0.25, -0.2) is 8.78 Å². The fraction of sp³-hybridized carbons (Fsp3) is 0.533. The lowest BCUT2D eigenvalue weighted by molar-refractivity contribution is -0.137. The zero-order chi connectivity index (χ0) is 15.1. The fourth-order valence-corrected chi connectivity index (χ4v) is 2.32. The molecule has 0 saturated heterocycles. The van der Waals surface area contributed by atoms with E-state index in [0.29, 0.717) is 18.4 Å². The average molecular weight is 285 g/mol. The van der Waals surface area contributed by atoms with Gasteiger partial charge in [0.05, 0.1) is 6.42 Å². The molecule has 112 valence electrons. The topological polar surface area (TPSA) is 63.3 Å². The number of carboxylic acids is 1. The molecule has 3 nitrogen and oxygen atoms in total. The number of benzene rings is 1. The van der Waals surface area contributed by atoms with Crippen molar-refractivity contribution < 1.29 is 18.7 Å². The number of rotatable bonds is 8. The van der Waals surface area contributed by atoms with Gasteiger partial charge in [0.2, 0.25) is 0 Å². The van der Waals surface area contributed by atoms with Gasteiger partial charge in [0, 0.05) is 6.04 Å². The molecule has 1 aromatic rings. The number of aliphatic carboxylic acids is 1. The van der Waals surface area contributed by atoms with E-state index < -0.39 is 17.6 Å². The third-order valence-corrected chi connectivity index (χ3v) is 3.32. The first-order valence-electron chi connectivity index (χ1n) is 6.80. The van der Waals surface area contributed by atoms with Crippen LogP contribution >= 0.6 is 0 Å². The van der Waals surface area contributed by atoms with E-state index in [1.165, 1.54) is 6.07 Å². The summed E-state index contributed by atoms with van der Waals surface area (Å²) in [6.45, 7) is 1.99. The van der Waals surface area contributed by atoms with Gasteiger partial charge in [0.1, 0.15) is 0 Å². The minimum Gasteiger partial charge on any atom is -0.481 e. The largest absolute Gasteiger partial charge is 0.481 e. The predicted octanol–water partition coefficient (Wildman–Crippen LogP) is 3.12. The van der Waals surface area contributed by atoms with Crippen molar-refractivity contribution in [2.45, 2.75) is 45.1 Å². The monoisotopic (exact) mass is 285 g/mol. The van der Waals surface area contributed by atoms with Gasteiger partial charge in [-0.05, 0) is 36.8 Å². The number of nitrogens with two attached hydrogens (primary N) is 1. The Labute approximate surface area is 117 Å². The van der Waals surface area contributed by atoms with E-state index >= 15 is 0 Å². The quantitative estimate of drug-likeness (QED) is 0.771. The summed E-state index contributed by atoms with van der Waals surface area (Å²) in [5.74, 6) is -2.23. The van der Waals surface area contributed by atoms with Crippen molar-refractivity contribution in [2.75, 3.05) is 0 Å². The van der Waals surface area contributed by atoms with Crippen LogP contribution in [0.15, 0.2) is 18.2 Å². The summed E-state index contributed by atoms with van der Waals surface area (Å²) in [6.07, 6.45) is 2.59. The van der Waals surface area contributed by atoms with E-state index in [0.717, 1.165) is 18.9 Å². The second kappa shape index (κ2) is 7.94. The van der Waals surface area contributed by atoms with Gasteiger partial charge in [0.25, 0.3) is 0 Å². The van der Waals surface area contributed by atoms with Crippen molar-refractivity contribution in [3.05, 3.63) is 35.4 Å². The van der Waals surface area contributed by atoms with Gasteiger partial charge < -0.3 is 10.8 Å². The predicted molar refractivity (Wildman–Crippen MR) is 73.3 cm³/mol. The van der Waals surface area contributed by atoms with Crippen LogP contribution in [0.1, 0.15) is 38.2 Å². The first-order valence-corrected chi connectivity index (χ1v) is 6.80. The summed E-state index contributed by atoms with van der Waals surface area (Å²) in [7, 11) is 0. The normalized spacial score (nSPS) is 14.0. The minimum absolute atomic E-state index is 0.0388. The van der Waals surface area contributed by atoms with E-state index in [4.69, 9.17) is 10.8 Å². The molecule has 5 heteroatoms. The smallest absolute Gasteiger partial charge is 0.304 e. The van der Waals surface area contributed by atoms with Gasteiger partial charge in [-0.3, -0.25) is 4.79 Å². The molecular weight excluding hydrogens is 264 g/mol. The molecule has 0 radical (unpaired) electrons. The van der Waals surface area contributed by atoms with Gasteiger partial charge in [-0.2, -0.15) is 0 Å². The first-order chi connectivity index (χ1) is 9.40. The standard InChI is InChI=1S/C15H21F2NO2/c1-10(8-12(18)9-14(19)20)4-2-5-11-6-3-7-13(16)15(11)17/h3,6-7,10,12H,2,4-5,8-9,18H2,1H3,(H,19,20)/t10-,12+/m1/s1. The summed E-state index contributed by atoms with van der Waals surface area (Å²) >= 11 is 0. The lowest BCUT2D eigenvalue weighted by atomic mass is 9.94. The van der Waals surface area contributed by atoms with Gasteiger partial charge >= 0.3 is 5.97 Å². The van der Waals surface area contributed by atoms with Crippen LogP contribution in [0.3, 0.4) is 0 Å². The second-order valence-corrected chi connectivity index (χ2v) is 5.30. The molecule has 0 aliphatic rings. The van der Waals surface area contributed by atoms with Gasteiger partial charge in [-0.15, -0.1) is 0 Å². The van der Waals surface area contributed by atoms with Crippen molar-refractivity contribution >= 4 is 5.97 Å². The van der Waals surface area contributed by atoms with E-state index in [1.54, 1.807) is 6.07 Å². The first kappa shape index (κ1) is 16.6. The Kier molecular flexibility index (Phi) is 6.58. The maximum atomic E-state index is 13.4. The highest BCUT2D eigenvalue weighted by atomic mass is 19.2. The number of aryl methyl sites for hydroxylation is 1. The maximum Gasteiger partial charge on any atom is 0.304 e.